The molecule has 0 radical (unpaired) electrons. The SMILES string of the molecule is CNS(=O)c1ccc(-n2cc(C(F)(F)F)c(C(=O)N(C)C)n2)nc1. The normalized spacial score (nSPS) is 12.9. The third kappa shape index (κ3) is 3.62. The first-order valence-corrected chi connectivity index (χ1v) is 7.74. The summed E-state index contributed by atoms with van der Waals surface area (Å²) in [5, 5.41) is 3.71. The summed E-state index contributed by atoms with van der Waals surface area (Å²) in [4.78, 5) is 17.2. The van der Waals surface area contributed by atoms with Gasteiger partial charge in [-0.15, -0.1) is 0 Å². The van der Waals surface area contributed by atoms with Crippen LogP contribution in [0.15, 0.2) is 29.4 Å². The molecule has 0 saturated carbocycles. The standard InChI is InChI=1S/C13H14F3N5O2S/c1-17-24(23)8-4-5-10(18-6-8)21-7-9(13(14,15)16)11(19-21)12(22)20(2)3/h4-7,17H,1-3H3. The predicted octanol–water partition coefficient (Wildman–Crippen LogP) is 1.23. The zero-order valence-electron chi connectivity index (χ0n) is 13.0. The molecule has 0 aliphatic heterocycles. The first kappa shape index (κ1) is 18.1. The van der Waals surface area contributed by atoms with Crippen LogP contribution in [0.4, 0.5) is 13.2 Å². The molecule has 0 aliphatic carbocycles. The Kier molecular flexibility index (Phi) is 5.04. The molecular formula is C13H14F3N5O2S. The number of pyridine rings is 1. The summed E-state index contributed by atoms with van der Waals surface area (Å²) in [5.41, 5.74) is -1.86. The van der Waals surface area contributed by atoms with Crippen molar-refractivity contribution >= 4 is 16.9 Å². The van der Waals surface area contributed by atoms with Crippen LogP contribution in [0, 0.1) is 0 Å². The van der Waals surface area contributed by atoms with Gasteiger partial charge < -0.3 is 4.90 Å². The summed E-state index contributed by atoms with van der Waals surface area (Å²) in [6.07, 6.45) is -2.77. The first-order chi connectivity index (χ1) is 11.1. The van der Waals surface area contributed by atoms with E-state index in [2.05, 4.69) is 14.8 Å². The topological polar surface area (TPSA) is 80.1 Å². The maximum absolute atomic E-state index is 13.1. The molecule has 1 unspecified atom stereocenters. The van der Waals surface area contributed by atoms with Crippen molar-refractivity contribution < 1.29 is 22.2 Å². The minimum absolute atomic E-state index is 0.0650. The molecule has 7 nitrogen and oxygen atoms in total. The van der Waals surface area contributed by atoms with Gasteiger partial charge in [0.25, 0.3) is 5.91 Å². The molecule has 0 saturated heterocycles. The Morgan fingerprint density at radius 1 is 1.33 bits per heavy atom. The third-order valence-corrected chi connectivity index (χ3v) is 4.02. The fraction of sp³-hybridized carbons (Fsp3) is 0.308. The van der Waals surface area contributed by atoms with E-state index in [1.165, 1.54) is 39.5 Å². The number of hydrogen-bond acceptors (Lipinski definition) is 4. The zero-order chi connectivity index (χ0) is 18.1. The second-order valence-electron chi connectivity index (χ2n) is 4.86. The van der Waals surface area contributed by atoms with Crippen molar-refractivity contribution in [2.45, 2.75) is 11.1 Å². The molecule has 0 bridgehead atoms. The highest BCUT2D eigenvalue weighted by Gasteiger charge is 2.39. The van der Waals surface area contributed by atoms with Crippen LogP contribution in [0.3, 0.4) is 0 Å². The number of rotatable bonds is 4. The molecule has 2 rings (SSSR count). The van der Waals surface area contributed by atoms with Gasteiger partial charge >= 0.3 is 6.18 Å². The van der Waals surface area contributed by atoms with E-state index in [9.17, 15) is 22.2 Å². The molecule has 1 N–H and O–H groups in total. The lowest BCUT2D eigenvalue weighted by atomic mass is 10.2. The van der Waals surface area contributed by atoms with Gasteiger partial charge in [0.1, 0.15) is 16.5 Å². The maximum Gasteiger partial charge on any atom is 0.420 e. The summed E-state index contributed by atoms with van der Waals surface area (Å²) in [7, 11) is 2.70. The van der Waals surface area contributed by atoms with Gasteiger partial charge in [-0.1, -0.05) is 0 Å². The number of nitrogens with zero attached hydrogens (tertiary/aromatic N) is 4. The molecule has 2 heterocycles. The monoisotopic (exact) mass is 361 g/mol. The van der Waals surface area contributed by atoms with Crippen LogP contribution in [0.5, 0.6) is 0 Å². The Labute approximate surface area is 138 Å². The van der Waals surface area contributed by atoms with Gasteiger partial charge in [-0.05, 0) is 19.2 Å². The quantitative estimate of drug-likeness (QED) is 0.888. The minimum atomic E-state index is -4.73. The number of alkyl halides is 3. The third-order valence-electron chi connectivity index (χ3n) is 2.98. The molecule has 1 atom stereocenters. The van der Waals surface area contributed by atoms with Gasteiger partial charge in [-0.25, -0.2) is 18.6 Å². The predicted molar refractivity (Wildman–Crippen MR) is 79.8 cm³/mol. The van der Waals surface area contributed by atoms with E-state index in [-0.39, 0.29) is 5.82 Å². The molecule has 0 spiro atoms. The molecule has 1 amide bonds. The smallest absolute Gasteiger partial charge is 0.343 e. The molecule has 2 aromatic heterocycles. The highest BCUT2D eigenvalue weighted by Crippen LogP contribution is 2.32. The van der Waals surface area contributed by atoms with E-state index < -0.39 is 34.3 Å². The average molecular weight is 361 g/mol. The minimum Gasteiger partial charge on any atom is -0.343 e. The Morgan fingerprint density at radius 3 is 2.46 bits per heavy atom. The summed E-state index contributed by atoms with van der Waals surface area (Å²) >= 11 is 0. The number of nitrogens with one attached hydrogen (secondary N) is 1. The van der Waals surface area contributed by atoms with E-state index in [1.807, 2.05) is 0 Å². The Balaban J connectivity index is 2.48. The summed E-state index contributed by atoms with van der Waals surface area (Å²) < 4.78 is 54.3. The second kappa shape index (κ2) is 6.69. The van der Waals surface area contributed by atoms with Gasteiger partial charge in [0.15, 0.2) is 11.5 Å². The van der Waals surface area contributed by atoms with Crippen LogP contribution >= 0.6 is 0 Å². The largest absolute Gasteiger partial charge is 0.420 e. The van der Waals surface area contributed by atoms with E-state index in [4.69, 9.17) is 0 Å². The van der Waals surface area contributed by atoms with E-state index >= 15 is 0 Å². The van der Waals surface area contributed by atoms with Crippen LogP contribution in [0.2, 0.25) is 0 Å². The van der Waals surface area contributed by atoms with E-state index in [0.717, 1.165) is 9.58 Å². The summed E-state index contributed by atoms with van der Waals surface area (Å²) in [6.45, 7) is 0. The Bertz CT molecular complexity index is 771. The van der Waals surface area contributed by atoms with E-state index in [1.54, 1.807) is 0 Å². The highest BCUT2D eigenvalue weighted by molar-refractivity contribution is 7.83. The molecule has 0 aromatic carbocycles. The lowest BCUT2D eigenvalue weighted by Crippen LogP contribution is -2.25. The van der Waals surface area contributed by atoms with Crippen molar-refractivity contribution in [3.05, 3.63) is 35.8 Å². The van der Waals surface area contributed by atoms with Crippen LogP contribution in [0.1, 0.15) is 16.1 Å². The second-order valence-corrected chi connectivity index (χ2v) is 6.28. The van der Waals surface area contributed by atoms with Crippen LogP contribution < -0.4 is 4.72 Å². The molecule has 24 heavy (non-hydrogen) atoms. The lowest BCUT2D eigenvalue weighted by Gasteiger charge is -2.10. The lowest BCUT2D eigenvalue weighted by molar-refractivity contribution is -0.138. The maximum atomic E-state index is 13.1. The van der Waals surface area contributed by atoms with Gasteiger partial charge in [0, 0.05) is 26.5 Å². The molecule has 130 valence electrons. The van der Waals surface area contributed by atoms with Crippen molar-refractivity contribution in [2.24, 2.45) is 0 Å². The molecule has 0 fully saturated rings. The van der Waals surface area contributed by atoms with Crippen molar-refractivity contribution in [3.63, 3.8) is 0 Å². The van der Waals surface area contributed by atoms with E-state index in [0.29, 0.717) is 11.1 Å². The van der Waals surface area contributed by atoms with Crippen LogP contribution in [-0.4, -0.2) is 50.9 Å². The fourth-order valence-corrected chi connectivity index (χ4v) is 2.38. The van der Waals surface area contributed by atoms with Gasteiger partial charge in [-0.3, -0.25) is 4.79 Å². The van der Waals surface area contributed by atoms with Gasteiger partial charge in [0.05, 0.1) is 4.90 Å². The number of carbonyl (C=O) groups excluding carboxylic acids is 1. The Morgan fingerprint density at radius 2 is 2.00 bits per heavy atom. The number of amides is 1. The average Bonchev–Trinajstić information content (AvgIpc) is 2.98. The molecule has 2 aromatic rings. The first-order valence-electron chi connectivity index (χ1n) is 6.59. The number of hydrogen-bond donors (Lipinski definition) is 1. The van der Waals surface area contributed by atoms with Crippen LogP contribution in [0.25, 0.3) is 5.82 Å². The van der Waals surface area contributed by atoms with Crippen LogP contribution in [-0.2, 0) is 17.2 Å². The zero-order valence-corrected chi connectivity index (χ0v) is 13.8. The molecule has 11 heteroatoms. The van der Waals surface area contributed by atoms with Crippen molar-refractivity contribution in [1.29, 1.82) is 0 Å². The number of halogens is 3. The van der Waals surface area contributed by atoms with Gasteiger partial charge in [0.2, 0.25) is 0 Å². The fourth-order valence-electron chi connectivity index (χ4n) is 1.80. The number of aromatic nitrogens is 3. The number of carbonyl (C=O) groups is 1. The van der Waals surface area contributed by atoms with Gasteiger partial charge in [-0.2, -0.15) is 18.3 Å². The van der Waals surface area contributed by atoms with Crippen molar-refractivity contribution in [2.75, 3.05) is 21.1 Å². The Hall–Kier alpha value is -2.27. The van der Waals surface area contributed by atoms with Crippen molar-refractivity contribution in [3.8, 4) is 5.82 Å². The molecular weight excluding hydrogens is 347 g/mol. The highest BCUT2D eigenvalue weighted by atomic mass is 32.2. The summed E-state index contributed by atoms with van der Waals surface area (Å²) in [6, 6.07) is 2.80. The molecule has 0 aliphatic rings. The summed E-state index contributed by atoms with van der Waals surface area (Å²) in [5.74, 6) is -0.802. The van der Waals surface area contributed by atoms with Crippen molar-refractivity contribution in [1.82, 2.24) is 24.4 Å².